The summed E-state index contributed by atoms with van der Waals surface area (Å²) in [4.78, 5) is 11.7. The predicted octanol–water partition coefficient (Wildman–Crippen LogP) is 2.06. The van der Waals surface area contributed by atoms with Crippen molar-refractivity contribution < 1.29 is 9.18 Å². The van der Waals surface area contributed by atoms with Crippen molar-refractivity contribution in [2.45, 2.75) is 26.8 Å². The molecule has 0 aliphatic carbocycles. The molecule has 0 unspecified atom stereocenters. The lowest BCUT2D eigenvalue weighted by Gasteiger charge is -2.16. The second-order valence-corrected chi connectivity index (χ2v) is 4.22. The largest absolute Gasteiger partial charge is 0.324 e. The highest BCUT2D eigenvalue weighted by Gasteiger charge is 2.17. The van der Waals surface area contributed by atoms with Gasteiger partial charge in [0.25, 0.3) is 0 Å². The van der Waals surface area contributed by atoms with Crippen molar-refractivity contribution in [3.05, 3.63) is 29.6 Å². The van der Waals surface area contributed by atoms with E-state index < -0.39 is 6.04 Å². The van der Waals surface area contributed by atoms with Crippen LogP contribution in [0, 0.1) is 18.7 Å². The SMILES string of the molecule is Cc1cc(F)ccc1NC(=O)[C@@H](N)C(C)C. The number of rotatable bonds is 3. The fraction of sp³-hybridized carbons (Fsp3) is 0.417. The van der Waals surface area contributed by atoms with E-state index in [2.05, 4.69) is 5.32 Å². The molecule has 0 spiro atoms. The van der Waals surface area contributed by atoms with E-state index in [1.54, 1.807) is 6.92 Å². The van der Waals surface area contributed by atoms with E-state index in [1.165, 1.54) is 18.2 Å². The molecule has 1 aromatic carbocycles. The van der Waals surface area contributed by atoms with Crippen LogP contribution in [0.1, 0.15) is 19.4 Å². The maximum atomic E-state index is 12.8. The highest BCUT2D eigenvalue weighted by atomic mass is 19.1. The number of amides is 1. The molecule has 4 heteroatoms. The Hall–Kier alpha value is -1.42. The molecule has 0 aromatic heterocycles. The molecule has 0 radical (unpaired) electrons. The smallest absolute Gasteiger partial charge is 0.241 e. The van der Waals surface area contributed by atoms with Crippen LogP contribution in [0.5, 0.6) is 0 Å². The van der Waals surface area contributed by atoms with Crippen molar-refractivity contribution in [1.29, 1.82) is 0 Å². The summed E-state index contributed by atoms with van der Waals surface area (Å²) in [5.41, 5.74) is 6.99. The highest BCUT2D eigenvalue weighted by molar-refractivity contribution is 5.95. The molecule has 1 amide bonds. The summed E-state index contributed by atoms with van der Waals surface area (Å²) in [6.07, 6.45) is 0. The van der Waals surface area contributed by atoms with E-state index in [4.69, 9.17) is 5.73 Å². The van der Waals surface area contributed by atoms with E-state index in [1.807, 2.05) is 13.8 Å². The second kappa shape index (κ2) is 5.07. The third-order valence-electron chi connectivity index (χ3n) is 2.47. The average molecular weight is 224 g/mol. The summed E-state index contributed by atoms with van der Waals surface area (Å²) in [6, 6.07) is 3.67. The first-order valence-electron chi connectivity index (χ1n) is 5.24. The number of halogens is 1. The van der Waals surface area contributed by atoms with Gasteiger partial charge in [-0.3, -0.25) is 4.79 Å². The van der Waals surface area contributed by atoms with Gasteiger partial charge < -0.3 is 11.1 Å². The summed E-state index contributed by atoms with van der Waals surface area (Å²) < 4.78 is 12.8. The van der Waals surface area contributed by atoms with Crippen molar-refractivity contribution in [2.24, 2.45) is 11.7 Å². The average Bonchev–Trinajstić information content (AvgIpc) is 2.20. The van der Waals surface area contributed by atoms with Crippen LogP contribution in [0.25, 0.3) is 0 Å². The molecule has 0 aliphatic rings. The first-order chi connectivity index (χ1) is 7.41. The molecule has 0 saturated heterocycles. The van der Waals surface area contributed by atoms with Crippen LogP contribution in [0.2, 0.25) is 0 Å². The highest BCUT2D eigenvalue weighted by Crippen LogP contribution is 2.16. The number of aryl methyl sites for hydroxylation is 1. The number of carbonyl (C=O) groups is 1. The normalized spacial score (nSPS) is 12.6. The van der Waals surface area contributed by atoms with Crippen molar-refractivity contribution in [3.8, 4) is 0 Å². The lowest BCUT2D eigenvalue weighted by atomic mass is 10.0. The van der Waals surface area contributed by atoms with Crippen LogP contribution < -0.4 is 11.1 Å². The molecular formula is C12H17FN2O. The van der Waals surface area contributed by atoms with Crippen LogP contribution >= 0.6 is 0 Å². The summed E-state index contributed by atoms with van der Waals surface area (Å²) in [5, 5.41) is 2.69. The van der Waals surface area contributed by atoms with E-state index in [0.29, 0.717) is 11.3 Å². The van der Waals surface area contributed by atoms with Gasteiger partial charge >= 0.3 is 0 Å². The quantitative estimate of drug-likeness (QED) is 0.825. The molecule has 0 bridgehead atoms. The minimum atomic E-state index is -0.551. The van der Waals surface area contributed by atoms with Crippen molar-refractivity contribution in [2.75, 3.05) is 5.32 Å². The van der Waals surface area contributed by atoms with Gasteiger partial charge in [-0.1, -0.05) is 13.8 Å². The topological polar surface area (TPSA) is 55.1 Å². The molecule has 1 atom stereocenters. The Morgan fingerprint density at radius 2 is 2.06 bits per heavy atom. The van der Waals surface area contributed by atoms with Crippen LogP contribution in [0.3, 0.4) is 0 Å². The zero-order valence-corrected chi connectivity index (χ0v) is 9.75. The van der Waals surface area contributed by atoms with Gasteiger partial charge in [0.1, 0.15) is 5.82 Å². The first-order valence-corrected chi connectivity index (χ1v) is 5.24. The van der Waals surface area contributed by atoms with Gasteiger partial charge in [0.15, 0.2) is 0 Å². The molecule has 1 aromatic rings. The minimum Gasteiger partial charge on any atom is -0.324 e. The number of hydrogen-bond donors (Lipinski definition) is 2. The molecular weight excluding hydrogens is 207 g/mol. The van der Waals surface area contributed by atoms with Crippen molar-refractivity contribution in [1.82, 2.24) is 0 Å². The first kappa shape index (κ1) is 12.6. The Morgan fingerprint density at radius 1 is 1.44 bits per heavy atom. The van der Waals surface area contributed by atoms with Crippen molar-refractivity contribution >= 4 is 11.6 Å². The Balaban J connectivity index is 2.77. The van der Waals surface area contributed by atoms with E-state index >= 15 is 0 Å². The Bertz CT molecular complexity index is 391. The zero-order valence-electron chi connectivity index (χ0n) is 9.75. The van der Waals surface area contributed by atoms with Gasteiger partial charge in [0, 0.05) is 5.69 Å². The number of hydrogen-bond acceptors (Lipinski definition) is 2. The summed E-state index contributed by atoms with van der Waals surface area (Å²) in [6.45, 7) is 5.49. The van der Waals surface area contributed by atoms with Gasteiger partial charge in [-0.15, -0.1) is 0 Å². The second-order valence-electron chi connectivity index (χ2n) is 4.22. The van der Waals surface area contributed by atoms with E-state index in [0.717, 1.165) is 0 Å². The minimum absolute atomic E-state index is 0.0701. The Kier molecular flexibility index (Phi) is 4.01. The summed E-state index contributed by atoms with van der Waals surface area (Å²) in [7, 11) is 0. The van der Waals surface area contributed by atoms with E-state index in [-0.39, 0.29) is 17.6 Å². The number of benzene rings is 1. The van der Waals surface area contributed by atoms with Gasteiger partial charge in [-0.25, -0.2) is 4.39 Å². The van der Waals surface area contributed by atoms with Crippen LogP contribution in [-0.4, -0.2) is 11.9 Å². The standard InChI is InChI=1S/C12H17FN2O/c1-7(2)11(14)12(16)15-10-5-4-9(13)6-8(10)3/h4-7,11H,14H2,1-3H3,(H,15,16)/t11-/m0/s1. The fourth-order valence-corrected chi connectivity index (χ4v) is 1.29. The lowest BCUT2D eigenvalue weighted by Crippen LogP contribution is -2.39. The Morgan fingerprint density at radius 3 is 2.56 bits per heavy atom. The fourth-order valence-electron chi connectivity index (χ4n) is 1.29. The molecule has 1 rings (SSSR count). The molecule has 0 heterocycles. The van der Waals surface area contributed by atoms with Gasteiger partial charge in [-0.2, -0.15) is 0 Å². The van der Waals surface area contributed by atoms with Gasteiger partial charge in [0.05, 0.1) is 6.04 Å². The molecule has 3 nitrogen and oxygen atoms in total. The van der Waals surface area contributed by atoms with Gasteiger partial charge in [-0.05, 0) is 36.6 Å². The molecule has 88 valence electrons. The maximum Gasteiger partial charge on any atom is 0.241 e. The van der Waals surface area contributed by atoms with Crippen molar-refractivity contribution in [3.63, 3.8) is 0 Å². The van der Waals surface area contributed by atoms with E-state index in [9.17, 15) is 9.18 Å². The number of anilines is 1. The predicted molar refractivity (Wildman–Crippen MR) is 62.6 cm³/mol. The van der Waals surface area contributed by atoms with Crippen LogP contribution in [-0.2, 0) is 4.79 Å². The molecule has 3 N–H and O–H groups in total. The number of nitrogens with two attached hydrogens (primary N) is 1. The van der Waals surface area contributed by atoms with Crippen LogP contribution in [0.4, 0.5) is 10.1 Å². The zero-order chi connectivity index (χ0) is 12.3. The number of carbonyl (C=O) groups excluding carboxylic acids is 1. The molecule has 0 aliphatic heterocycles. The van der Waals surface area contributed by atoms with Crippen LogP contribution in [0.15, 0.2) is 18.2 Å². The lowest BCUT2D eigenvalue weighted by molar-refractivity contribution is -0.118. The third-order valence-corrected chi connectivity index (χ3v) is 2.47. The third kappa shape index (κ3) is 3.03. The molecule has 0 saturated carbocycles. The number of nitrogens with one attached hydrogen (secondary N) is 1. The molecule has 0 fully saturated rings. The monoisotopic (exact) mass is 224 g/mol. The molecule has 16 heavy (non-hydrogen) atoms. The summed E-state index contributed by atoms with van der Waals surface area (Å²) in [5.74, 6) is -0.492. The maximum absolute atomic E-state index is 12.8. The Labute approximate surface area is 94.8 Å². The van der Waals surface area contributed by atoms with Gasteiger partial charge in [0.2, 0.25) is 5.91 Å². The summed E-state index contributed by atoms with van der Waals surface area (Å²) >= 11 is 0.